The van der Waals surface area contributed by atoms with Gasteiger partial charge < -0.3 is 14.8 Å². The van der Waals surface area contributed by atoms with Crippen molar-refractivity contribution in [1.82, 2.24) is 10.3 Å². The van der Waals surface area contributed by atoms with E-state index in [0.717, 1.165) is 15.2 Å². The summed E-state index contributed by atoms with van der Waals surface area (Å²) in [6, 6.07) is 15.3. The number of methoxy groups -OCH3 is 1. The fraction of sp³-hybridized carbons (Fsp3) is 0.222. The number of carbonyl (C=O) groups is 1. The molecule has 0 saturated heterocycles. The van der Waals surface area contributed by atoms with Crippen LogP contribution in [0.5, 0.6) is 11.5 Å². The molecule has 1 heterocycles. The Hall–Kier alpha value is -2.60. The normalized spacial score (nSPS) is 10.5. The molecule has 3 aromatic rings. The van der Waals surface area contributed by atoms with Gasteiger partial charge in [-0.05, 0) is 24.3 Å². The molecule has 1 N–H and O–H groups in total. The summed E-state index contributed by atoms with van der Waals surface area (Å²) in [5, 5.41) is 3.77. The molecule has 0 saturated carbocycles. The van der Waals surface area contributed by atoms with Crippen molar-refractivity contribution in [1.29, 1.82) is 0 Å². The van der Waals surface area contributed by atoms with E-state index in [9.17, 15) is 4.79 Å². The van der Waals surface area contributed by atoms with Crippen LogP contribution in [0.4, 0.5) is 0 Å². The number of fused-ring (bicyclic) bond motifs is 1. The number of para-hydroxylation sites is 3. The van der Waals surface area contributed by atoms with Crippen LogP contribution in [0.3, 0.4) is 0 Å². The van der Waals surface area contributed by atoms with E-state index in [4.69, 9.17) is 9.47 Å². The summed E-state index contributed by atoms with van der Waals surface area (Å²) < 4.78 is 11.9. The van der Waals surface area contributed by atoms with Gasteiger partial charge in [-0.2, -0.15) is 0 Å². The Morgan fingerprint density at radius 2 is 1.88 bits per heavy atom. The van der Waals surface area contributed by atoms with Crippen LogP contribution < -0.4 is 14.8 Å². The highest BCUT2D eigenvalue weighted by atomic mass is 32.1. The Morgan fingerprint density at radius 1 is 1.12 bits per heavy atom. The molecule has 5 nitrogen and oxygen atoms in total. The molecule has 1 amide bonds. The second-order valence-corrected chi connectivity index (χ2v) is 6.22. The zero-order chi connectivity index (χ0) is 16.8. The maximum absolute atomic E-state index is 11.9. The molecule has 0 aliphatic rings. The molecule has 0 aliphatic heterocycles. The van der Waals surface area contributed by atoms with Crippen molar-refractivity contribution in [3.05, 3.63) is 53.5 Å². The van der Waals surface area contributed by atoms with Crippen molar-refractivity contribution < 1.29 is 14.3 Å². The van der Waals surface area contributed by atoms with E-state index >= 15 is 0 Å². The molecule has 2 aromatic carbocycles. The van der Waals surface area contributed by atoms with Crippen molar-refractivity contribution in [3.63, 3.8) is 0 Å². The average molecular weight is 342 g/mol. The highest BCUT2D eigenvalue weighted by Gasteiger charge is 2.07. The molecule has 3 rings (SSSR count). The van der Waals surface area contributed by atoms with Crippen LogP contribution >= 0.6 is 11.3 Å². The fourth-order valence-corrected chi connectivity index (χ4v) is 3.16. The monoisotopic (exact) mass is 342 g/mol. The molecule has 1 aromatic heterocycles. The summed E-state index contributed by atoms with van der Waals surface area (Å²) in [5.74, 6) is 1.23. The summed E-state index contributed by atoms with van der Waals surface area (Å²) >= 11 is 1.59. The maximum Gasteiger partial charge on any atom is 0.223 e. The first-order chi connectivity index (χ1) is 11.8. The minimum atomic E-state index is -0.0656. The first-order valence-electron chi connectivity index (χ1n) is 7.63. The molecule has 0 unspecified atom stereocenters. The minimum Gasteiger partial charge on any atom is -0.493 e. The number of rotatable bonds is 7. The third-order valence-corrected chi connectivity index (χ3v) is 4.47. The average Bonchev–Trinajstić information content (AvgIpc) is 3.03. The number of benzene rings is 2. The van der Waals surface area contributed by atoms with Gasteiger partial charge >= 0.3 is 0 Å². The maximum atomic E-state index is 11.9. The fourth-order valence-electron chi connectivity index (χ4n) is 2.25. The molecule has 6 heteroatoms. The van der Waals surface area contributed by atoms with Gasteiger partial charge in [0.05, 0.1) is 36.9 Å². The van der Waals surface area contributed by atoms with Crippen molar-refractivity contribution >= 4 is 27.5 Å². The lowest BCUT2D eigenvalue weighted by molar-refractivity contribution is -0.121. The number of nitrogens with zero attached hydrogens (tertiary/aromatic N) is 1. The smallest absolute Gasteiger partial charge is 0.223 e. The standard InChI is InChI=1S/C18H18N2O3S/c1-22-14-7-3-4-8-15(14)23-11-10-17(21)19-12-18-20-13-6-2-5-9-16(13)24-18/h2-9H,10-12H2,1H3,(H,19,21). The zero-order valence-corrected chi connectivity index (χ0v) is 14.1. The number of hydrogen-bond acceptors (Lipinski definition) is 5. The number of nitrogens with one attached hydrogen (secondary N) is 1. The quantitative estimate of drug-likeness (QED) is 0.715. The van der Waals surface area contributed by atoms with E-state index in [0.29, 0.717) is 24.7 Å². The van der Waals surface area contributed by atoms with Crippen molar-refractivity contribution in [3.8, 4) is 11.5 Å². The highest BCUT2D eigenvalue weighted by Crippen LogP contribution is 2.25. The number of thiazole rings is 1. The summed E-state index contributed by atoms with van der Waals surface area (Å²) in [4.78, 5) is 16.4. The van der Waals surface area contributed by atoms with Crippen LogP contribution in [-0.2, 0) is 11.3 Å². The largest absolute Gasteiger partial charge is 0.493 e. The van der Waals surface area contributed by atoms with Crippen LogP contribution in [0.15, 0.2) is 48.5 Å². The van der Waals surface area contributed by atoms with E-state index in [1.807, 2.05) is 48.5 Å². The van der Waals surface area contributed by atoms with Gasteiger partial charge in [0.25, 0.3) is 0 Å². The first-order valence-corrected chi connectivity index (χ1v) is 8.45. The predicted octanol–water partition coefficient (Wildman–Crippen LogP) is 3.39. The Bertz CT molecular complexity index is 799. The van der Waals surface area contributed by atoms with Gasteiger partial charge in [0, 0.05) is 0 Å². The third-order valence-electron chi connectivity index (χ3n) is 3.43. The molecule has 0 atom stereocenters. The van der Waals surface area contributed by atoms with Crippen LogP contribution in [0.2, 0.25) is 0 Å². The Kier molecular flexibility index (Phi) is 5.28. The Morgan fingerprint density at radius 3 is 2.67 bits per heavy atom. The summed E-state index contributed by atoms with van der Waals surface area (Å²) in [7, 11) is 1.59. The van der Waals surface area contributed by atoms with Gasteiger partial charge in [0.15, 0.2) is 11.5 Å². The second-order valence-electron chi connectivity index (χ2n) is 5.10. The van der Waals surface area contributed by atoms with Gasteiger partial charge in [-0.1, -0.05) is 24.3 Å². The van der Waals surface area contributed by atoms with Crippen LogP contribution in [0.1, 0.15) is 11.4 Å². The second kappa shape index (κ2) is 7.79. The van der Waals surface area contributed by atoms with Crippen LogP contribution in [0.25, 0.3) is 10.2 Å². The Labute approximate surface area is 144 Å². The number of aromatic nitrogens is 1. The van der Waals surface area contributed by atoms with Gasteiger partial charge in [-0.3, -0.25) is 4.79 Å². The topological polar surface area (TPSA) is 60.5 Å². The van der Waals surface area contributed by atoms with Gasteiger partial charge in [-0.25, -0.2) is 4.98 Å². The zero-order valence-electron chi connectivity index (χ0n) is 13.3. The number of amides is 1. The molecular weight excluding hydrogens is 324 g/mol. The minimum absolute atomic E-state index is 0.0656. The highest BCUT2D eigenvalue weighted by molar-refractivity contribution is 7.18. The van der Waals surface area contributed by atoms with Gasteiger partial charge in [0.2, 0.25) is 5.91 Å². The molecule has 0 aliphatic carbocycles. The number of hydrogen-bond donors (Lipinski definition) is 1. The lowest BCUT2D eigenvalue weighted by Crippen LogP contribution is -2.24. The van der Waals surface area contributed by atoms with Gasteiger partial charge in [-0.15, -0.1) is 11.3 Å². The predicted molar refractivity (Wildman–Crippen MR) is 94.6 cm³/mol. The van der Waals surface area contributed by atoms with E-state index in [2.05, 4.69) is 10.3 Å². The molecule has 124 valence electrons. The third kappa shape index (κ3) is 4.02. The lowest BCUT2D eigenvalue weighted by atomic mass is 10.3. The summed E-state index contributed by atoms with van der Waals surface area (Å²) in [6.45, 7) is 0.735. The van der Waals surface area contributed by atoms with Crippen molar-refractivity contribution in [2.75, 3.05) is 13.7 Å². The first kappa shape index (κ1) is 16.3. The number of carbonyl (C=O) groups excluding carboxylic acids is 1. The molecular formula is C18H18N2O3S. The Balaban J connectivity index is 1.46. The summed E-state index contributed by atoms with van der Waals surface area (Å²) in [6.07, 6.45) is 0.281. The van der Waals surface area contributed by atoms with Gasteiger partial charge in [0.1, 0.15) is 5.01 Å². The lowest BCUT2D eigenvalue weighted by Gasteiger charge is -2.10. The van der Waals surface area contributed by atoms with E-state index in [1.54, 1.807) is 18.4 Å². The van der Waals surface area contributed by atoms with Crippen LogP contribution in [-0.4, -0.2) is 24.6 Å². The van der Waals surface area contributed by atoms with Crippen molar-refractivity contribution in [2.45, 2.75) is 13.0 Å². The molecule has 0 bridgehead atoms. The SMILES string of the molecule is COc1ccccc1OCCC(=O)NCc1nc2ccccc2s1. The van der Waals surface area contributed by atoms with Crippen LogP contribution in [0, 0.1) is 0 Å². The van der Waals surface area contributed by atoms with E-state index in [1.165, 1.54) is 0 Å². The van der Waals surface area contributed by atoms with Crippen molar-refractivity contribution in [2.24, 2.45) is 0 Å². The molecule has 0 spiro atoms. The summed E-state index contributed by atoms with van der Waals surface area (Å²) in [5.41, 5.74) is 0.964. The molecule has 0 radical (unpaired) electrons. The molecule has 0 fully saturated rings. The number of ether oxygens (including phenoxy) is 2. The van der Waals surface area contributed by atoms with E-state index in [-0.39, 0.29) is 12.3 Å². The molecule has 24 heavy (non-hydrogen) atoms. The van der Waals surface area contributed by atoms with E-state index < -0.39 is 0 Å².